The number of aromatic nitrogens is 6. The van der Waals surface area contributed by atoms with Crippen LogP contribution in [-0.4, -0.2) is 102 Å². The summed E-state index contributed by atoms with van der Waals surface area (Å²) in [5.74, 6) is -0.250. The van der Waals surface area contributed by atoms with Crippen molar-refractivity contribution in [2.45, 2.75) is 55.4 Å². The van der Waals surface area contributed by atoms with Crippen molar-refractivity contribution < 1.29 is 120 Å². The summed E-state index contributed by atoms with van der Waals surface area (Å²) >= 11 is 0. The molecule has 8 heterocycles. The number of carbonyl (C=O) groups excluding carboxylic acids is 4. The molecule has 0 atom stereocenters. The van der Waals surface area contributed by atoms with Crippen LogP contribution in [0.15, 0.2) is 303 Å². The van der Waals surface area contributed by atoms with Gasteiger partial charge in [-0.25, -0.2) is 0 Å². The number of benzene rings is 10. The molecule has 616 valence electrons. The number of pyridine rings is 2. The fourth-order valence-corrected chi connectivity index (χ4v) is 13.5. The van der Waals surface area contributed by atoms with Gasteiger partial charge in [0.2, 0.25) is 0 Å². The first-order valence-electron chi connectivity index (χ1n) is 37.2. The van der Waals surface area contributed by atoms with Crippen LogP contribution in [0.3, 0.4) is 0 Å². The monoisotopic (exact) mass is 2300 g/mol. The maximum absolute atomic E-state index is 10.0. The van der Waals surface area contributed by atoms with Gasteiger partial charge in [0.25, 0.3) is 0 Å². The quantitative estimate of drug-likeness (QED) is 0.0628. The first-order valence-corrected chi connectivity index (χ1v) is 37.2. The van der Waals surface area contributed by atoms with E-state index in [0.29, 0.717) is 0 Å². The number of para-hydroxylation sites is 3. The second-order valence-corrected chi connectivity index (χ2v) is 27.4. The Labute approximate surface area is 752 Å². The Hall–Kier alpha value is -12.2. The number of anilines is 4. The van der Waals surface area contributed by atoms with Gasteiger partial charge in [-0.05, 0) is 132 Å². The fraction of sp³-hybridized carbons (Fsp3) is 0.122. The van der Waals surface area contributed by atoms with Crippen molar-refractivity contribution in [3.8, 4) is 0 Å². The third kappa shape index (κ3) is 24.1. The van der Waals surface area contributed by atoms with E-state index in [1.807, 2.05) is 74.0 Å². The van der Waals surface area contributed by atoms with Gasteiger partial charge in [0.1, 0.15) is 0 Å². The van der Waals surface area contributed by atoms with Crippen molar-refractivity contribution in [1.82, 2.24) is 29.9 Å². The van der Waals surface area contributed by atoms with E-state index < -0.39 is 0 Å². The Balaban J connectivity index is 0.000000198. The number of rotatable bonds is 8. The van der Waals surface area contributed by atoms with E-state index in [9.17, 15) is 19.2 Å². The summed E-state index contributed by atoms with van der Waals surface area (Å²) in [7, 11) is 8.26. The standard InChI is InChI=1S/C22H15N2.C21H14N3.C18H13N2.C17H12N3.4C5H8O2.4Ir/c1-24-20-11-5-8-16-7-4-9-17(22(16)20)14-21(24)19-13-12-15-6-2-3-10-18(15)23-19;1-24-19-11-5-7-14-6-4-8-15(21(14)19)12-20(24)18-13-22-16-9-2-3-10-17(16)23-18;1-20-16-10-5-7-13-6-4-8-14(18(13)16)12-17(20)15-9-2-3-11-19-15;1-20-15-7-3-5-12-4-2-6-13(17(12)15)10-16(20)14-11-18-8-9-19-14;4*1-4(6)3-5(2)7;;;;/h2-13H,1H3;2-11,13H,1H3;2-11H,1H3;2-9,11H,1H3;4*3,6H,1-2H3;;;;/q4*-1;;;;;;;;. The molecule has 10 aromatic carbocycles. The second kappa shape index (κ2) is 44.6. The van der Waals surface area contributed by atoms with Gasteiger partial charge in [0, 0.05) is 209 Å². The summed E-state index contributed by atoms with van der Waals surface area (Å²) in [6, 6.07) is 77.1. The number of nitrogens with zero attached hydrogens (tertiary/aromatic N) is 10. The molecular formula is C98H86Ir4N10O8-4. The van der Waals surface area contributed by atoms with Crippen LogP contribution in [0, 0.1) is 24.3 Å². The first kappa shape index (κ1) is 95.0. The fourth-order valence-electron chi connectivity index (χ4n) is 13.5. The van der Waals surface area contributed by atoms with Crippen LogP contribution >= 0.6 is 0 Å². The normalized spacial score (nSPS) is 12.5. The minimum atomic E-state index is -0.125. The number of carbonyl (C=O) groups is 4. The maximum atomic E-state index is 10.0. The van der Waals surface area contributed by atoms with E-state index in [2.05, 4.69) is 255 Å². The molecule has 0 spiro atoms. The van der Waals surface area contributed by atoms with Crippen LogP contribution in [0.25, 0.3) is 87.8 Å². The average Bonchev–Trinajstić information content (AvgIpc) is 0.734. The molecule has 0 saturated carbocycles. The van der Waals surface area contributed by atoms with E-state index in [1.54, 1.807) is 18.6 Å². The molecule has 4 N–H and O–H groups in total. The van der Waals surface area contributed by atoms with Crippen LogP contribution in [0.1, 0.15) is 100 Å². The summed E-state index contributed by atoms with van der Waals surface area (Å²) < 4.78 is 0. The van der Waals surface area contributed by atoms with Gasteiger partial charge in [-0.1, -0.05) is 170 Å². The van der Waals surface area contributed by atoms with Gasteiger partial charge in [-0.3, -0.25) is 44.1 Å². The van der Waals surface area contributed by atoms with Crippen LogP contribution in [0.4, 0.5) is 22.7 Å². The molecule has 4 aliphatic rings. The molecule has 0 amide bonds. The van der Waals surface area contributed by atoms with Crippen LogP contribution in [0.5, 0.6) is 0 Å². The largest absolute Gasteiger partial charge is 0.512 e. The molecule has 120 heavy (non-hydrogen) atoms. The van der Waals surface area contributed by atoms with E-state index in [-0.39, 0.29) is 127 Å². The Morgan fingerprint density at radius 1 is 0.283 bits per heavy atom. The topological polar surface area (TPSA) is 239 Å². The average molecular weight is 2300 g/mol. The summed E-state index contributed by atoms with van der Waals surface area (Å²) in [6.07, 6.45) is 27.6. The first-order chi connectivity index (χ1) is 55.8. The molecule has 22 heteroatoms. The number of fused-ring (bicyclic) bond motifs is 2. The predicted molar refractivity (Wildman–Crippen MR) is 468 cm³/mol. The molecule has 14 aromatic rings. The third-order valence-electron chi connectivity index (χ3n) is 18.2. The molecule has 18 nitrogen and oxygen atoms in total. The number of hydrogen-bond donors (Lipinski definition) is 4. The zero-order valence-electron chi connectivity index (χ0n) is 67.8. The molecule has 0 unspecified atom stereocenters. The zero-order valence-corrected chi connectivity index (χ0v) is 77.4. The molecule has 4 aromatic heterocycles. The molecule has 0 saturated heterocycles. The van der Waals surface area contributed by atoms with Crippen molar-refractivity contribution in [1.29, 1.82) is 0 Å². The van der Waals surface area contributed by atoms with Crippen molar-refractivity contribution >= 4 is 134 Å². The molecule has 4 aliphatic heterocycles. The third-order valence-corrected chi connectivity index (χ3v) is 18.2. The van der Waals surface area contributed by atoms with Crippen molar-refractivity contribution in [3.05, 3.63) is 372 Å². The van der Waals surface area contributed by atoms with E-state index in [1.165, 1.54) is 146 Å². The SMILES string of the molecule is CC(=O)C=C(C)O.CC(=O)C=C(C)O.CC(=O)C=C(C)O.CC(=O)C=C(C)O.CN1C(c2ccc3ccccc3n2)=[C-]c2cccc3cccc1c23.CN1C(c2ccccn2)=[C-]c2cccc3cccc1c23.CN1C(c2cnc3ccccc3n2)=[C-]c2cccc3cccc1c23.CN1C(c2cnccn2)=[C-]c2cccc3cccc1c23.[Ir].[Ir].[Ir].[Ir]. The van der Waals surface area contributed by atoms with Crippen LogP contribution in [-0.2, 0) is 99.6 Å². The van der Waals surface area contributed by atoms with Gasteiger partial charge >= 0.3 is 0 Å². The van der Waals surface area contributed by atoms with Gasteiger partial charge in [0.05, 0.1) is 39.6 Å². The zero-order chi connectivity index (χ0) is 82.7. The Morgan fingerprint density at radius 3 is 0.933 bits per heavy atom. The number of hydrogen-bond acceptors (Lipinski definition) is 18. The second-order valence-electron chi connectivity index (χ2n) is 27.4. The number of ketones is 4. The van der Waals surface area contributed by atoms with Crippen LogP contribution < -0.4 is 19.6 Å². The summed E-state index contributed by atoms with van der Waals surface area (Å²) in [4.78, 5) is 75.9. The summed E-state index contributed by atoms with van der Waals surface area (Å²) in [5.41, 5.74) is 19.5. The maximum Gasteiger partial charge on any atom is 0.155 e. The minimum absolute atomic E-state index is 0. The minimum Gasteiger partial charge on any atom is -0.512 e. The summed E-state index contributed by atoms with van der Waals surface area (Å²) in [5, 5.41) is 44.6. The Bertz CT molecular complexity index is 5850. The summed E-state index contributed by atoms with van der Waals surface area (Å²) in [6.45, 7) is 11.4. The number of allylic oxidation sites excluding steroid dienone is 8. The molecule has 18 rings (SSSR count). The molecule has 0 bridgehead atoms. The molecule has 0 fully saturated rings. The van der Waals surface area contributed by atoms with E-state index in [4.69, 9.17) is 30.4 Å². The van der Waals surface area contributed by atoms with E-state index >= 15 is 0 Å². The van der Waals surface area contributed by atoms with Gasteiger partial charge in [0.15, 0.2) is 23.1 Å². The Morgan fingerprint density at radius 2 is 0.592 bits per heavy atom. The predicted octanol–water partition coefficient (Wildman–Crippen LogP) is 20.7. The van der Waals surface area contributed by atoms with Crippen molar-refractivity contribution in [3.63, 3.8) is 0 Å². The smallest absolute Gasteiger partial charge is 0.155 e. The van der Waals surface area contributed by atoms with Crippen LogP contribution in [0.2, 0.25) is 0 Å². The van der Waals surface area contributed by atoms with Gasteiger partial charge in [-0.15, -0.1) is 95.1 Å². The number of aliphatic hydroxyl groups is 4. The molecule has 0 aliphatic carbocycles. The number of aliphatic hydroxyl groups excluding tert-OH is 4. The van der Waals surface area contributed by atoms with E-state index in [0.717, 1.165) is 89.8 Å². The van der Waals surface area contributed by atoms with Gasteiger partial charge in [-0.2, -0.15) is 0 Å². The molecular weight excluding hydrogens is 2210 g/mol. The van der Waals surface area contributed by atoms with Crippen molar-refractivity contribution in [2.75, 3.05) is 47.8 Å². The molecule has 4 radical (unpaired) electrons. The van der Waals surface area contributed by atoms with Crippen molar-refractivity contribution in [2.24, 2.45) is 0 Å². The Kier molecular flexibility index (Phi) is 35.3. The van der Waals surface area contributed by atoms with Gasteiger partial charge < -0.3 is 45.0 Å².